The van der Waals surface area contributed by atoms with E-state index in [2.05, 4.69) is 0 Å². The van der Waals surface area contributed by atoms with Gasteiger partial charge < -0.3 is 23.8 Å². The summed E-state index contributed by atoms with van der Waals surface area (Å²) in [5.74, 6) is -0.0191. The summed E-state index contributed by atoms with van der Waals surface area (Å²) in [6, 6.07) is 5.30. The van der Waals surface area contributed by atoms with Crippen molar-refractivity contribution in [2.75, 3.05) is 33.6 Å². The fourth-order valence-electron chi connectivity index (χ4n) is 2.98. The van der Waals surface area contributed by atoms with Crippen molar-refractivity contribution in [3.63, 3.8) is 0 Å². The lowest BCUT2D eigenvalue weighted by Crippen LogP contribution is -2.42. The first-order chi connectivity index (χ1) is 13.1. The minimum absolute atomic E-state index is 0.175. The van der Waals surface area contributed by atoms with E-state index in [1.54, 1.807) is 29.2 Å². The van der Waals surface area contributed by atoms with Gasteiger partial charge in [-0.2, -0.15) is 0 Å². The fourth-order valence-corrected chi connectivity index (χ4v) is 2.98. The standard InChI is InChI=1S/C19H21NO7/c1-24-19(23)14-6-8-20(9-7-14)17(21)11-25-18(22)5-3-13-2-4-15-16(10-13)27-12-26-15/h2-5,10,14H,6-9,11-12H2,1H3/b5-3-. The van der Waals surface area contributed by atoms with Crippen LogP contribution in [0.5, 0.6) is 11.5 Å². The Morgan fingerprint density at radius 1 is 1.19 bits per heavy atom. The summed E-state index contributed by atoms with van der Waals surface area (Å²) in [6.07, 6.45) is 3.94. The van der Waals surface area contributed by atoms with E-state index in [9.17, 15) is 14.4 Å². The zero-order chi connectivity index (χ0) is 19.2. The van der Waals surface area contributed by atoms with Crippen molar-refractivity contribution in [3.8, 4) is 11.5 Å². The normalized spacial score (nSPS) is 16.4. The van der Waals surface area contributed by atoms with Gasteiger partial charge in [0.2, 0.25) is 6.79 Å². The van der Waals surface area contributed by atoms with Crippen LogP contribution < -0.4 is 9.47 Å². The largest absolute Gasteiger partial charge is 0.469 e. The summed E-state index contributed by atoms with van der Waals surface area (Å²) >= 11 is 0. The van der Waals surface area contributed by atoms with Crippen molar-refractivity contribution in [2.45, 2.75) is 12.8 Å². The summed E-state index contributed by atoms with van der Waals surface area (Å²) in [6.45, 7) is 0.753. The molecule has 0 bridgehead atoms. The van der Waals surface area contributed by atoms with Gasteiger partial charge in [0.15, 0.2) is 18.1 Å². The lowest BCUT2D eigenvalue weighted by molar-refractivity contribution is -0.151. The SMILES string of the molecule is COC(=O)C1CCN(C(=O)COC(=O)/C=C\c2ccc3c(c2)OCO3)CC1. The maximum absolute atomic E-state index is 12.1. The molecule has 1 amide bonds. The van der Waals surface area contributed by atoms with Crippen LogP contribution >= 0.6 is 0 Å². The Bertz CT molecular complexity index is 750. The number of fused-ring (bicyclic) bond motifs is 1. The lowest BCUT2D eigenvalue weighted by Gasteiger charge is -2.30. The number of esters is 2. The van der Waals surface area contributed by atoms with Gasteiger partial charge >= 0.3 is 11.9 Å². The van der Waals surface area contributed by atoms with Crippen LogP contribution in [0, 0.1) is 5.92 Å². The number of ether oxygens (including phenoxy) is 4. The van der Waals surface area contributed by atoms with Crippen molar-refractivity contribution in [1.82, 2.24) is 4.90 Å². The number of amides is 1. The molecule has 0 N–H and O–H groups in total. The quantitative estimate of drug-likeness (QED) is 0.567. The molecule has 8 nitrogen and oxygen atoms in total. The highest BCUT2D eigenvalue weighted by Crippen LogP contribution is 2.32. The molecule has 1 saturated heterocycles. The van der Waals surface area contributed by atoms with Crippen LogP contribution in [0.2, 0.25) is 0 Å². The topological polar surface area (TPSA) is 91.4 Å². The van der Waals surface area contributed by atoms with Crippen molar-refractivity contribution >= 4 is 23.9 Å². The number of benzene rings is 1. The van der Waals surface area contributed by atoms with Gasteiger partial charge in [-0.3, -0.25) is 9.59 Å². The monoisotopic (exact) mass is 375 g/mol. The van der Waals surface area contributed by atoms with Gasteiger partial charge in [0.05, 0.1) is 13.0 Å². The predicted molar refractivity (Wildman–Crippen MR) is 93.9 cm³/mol. The van der Waals surface area contributed by atoms with Crippen LogP contribution in [-0.4, -0.2) is 56.3 Å². The molecule has 2 aliphatic heterocycles. The van der Waals surface area contributed by atoms with Crippen LogP contribution in [-0.2, 0) is 23.9 Å². The van der Waals surface area contributed by atoms with E-state index in [4.69, 9.17) is 18.9 Å². The third-order valence-electron chi connectivity index (χ3n) is 4.53. The maximum Gasteiger partial charge on any atom is 0.331 e. The molecule has 27 heavy (non-hydrogen) atoms. The van der Waals surface area contributed by atoms with Gasteiger partial charge in [-0.1, -0.05) is 6.07 Å². The molecule has 8 heteroatoms. The Morgan fingerprint density at radius 3 is 2.67 bits per heavy atom. The molecule has 1 aromatic carbocycles. The van der Waals surface area contributed by atoms with Gasteiger partial charge in [0.1, 0.15) is 0 Å². The zero-order valence-corrected chi connectivity index (χ0v) is 15.0. The molecular weight excluding hydrogens is 354 g/mol. The molecule has 0 atom stereocenters. The van der Waals surface area contributed by atoms with Gasteiger partial charge in [0, 0.05) is 19.2 Å². The molecular formula is C19H21NO7. The lowest BCUT2D eigenvalue weighted by atomic mass is 9.97. The zero-order valence-electron chi connectivity index (χ0n) is 15.0. The highest BCUT2D eigenvalue weighted by molar-refractivity contribution is 5.89. The van der Waals surface area contributed by atoms with Gasteiger partial charge in [-0.15, -0.1) is 0 Å². The van der Waals surface area contributed by atoms with E-state index in [-0.39, 0.29) is 31.2 Å². The average Bonchev–Trinajstić information content (AvgIpc) is 3.17. The molecule has 144 valence electrons. The van der Waals surface area contributed by atoms with Crippen molar-refractivity contribution in [2.24, 2.45) is 5.92 Å². The maximum atomic E-state index is 12.1. The van der Waals surface area contributed by atoms with Crippen LogP contribution in [0.4, 0.5) is 0 Å². The van der Waals surface area contributed by atoms with Crippen LogP contribution in [0.1, 0.15) is 18.4 Å². The second-order valence-corrected chi connectivity index (χ2v) is 6.23. The van der Waals surface area contributed by atoms with Crippen LogP contribution in [0.25, 0.3) is 6.08 Å². The van der Waals surface area contributed by atoms with E-state index in [0.29, 0.717) is 37.4 Å². The van der Waals surface area contributed by atoms with Crippen LogP contribution in [0.15, 0.2) is 24.3 Å². The highest BCUT2D eigenvalue weighted by Gasteiger charge is 2.28. The summed E-state index contributed by atoms with van der Waals surface area (Å²) in [5.41, 5.74) is 0.757. The number of nitrogens with zero attached hydrogens (tertiary/aromatic N) is 1. The minimum Gasteiger partial charge on any atom is -0.469 e. The molecule has 0 aliphatic carbocycles. The first-order valence-electron chi connectivity index (χ1n) is 8.67. The van der Waals surface area contributed by atoms with E-state index in [0.717, 1.165) is 5.56 Å². The fraction of sp³-hybridized carbons (Fsp3) is 0.421. The molecule has 2 aliphatic rings. The summed E-state index contributed by atoms with van der Waals surface area (Å²) in [4.78, 5) is 37.0. The second-order valence-electron chi connectivity index (χ2n) is 6.23. The molecule has 1 fully saturated rings. The van der Waals surface area contributed by atoms with Crippen LogP contribution in [0.3, 0.4) is 0 Å². The first kappa shape index (κ1) is 18.8. The Hall–Kier alpha value is -3.03. The first-order valence-corrected chi connectivity index (χ1v) is 8.67. The summed E-state index contributed by atoms with van der Waals surface area (Å²) in [7, 11) is 1.36. The summed E-state index contributed by atoms with van der Waals surface area (Å²) < 4.78 is 20.2. The van der Waals surface area contributed by atoms with E-state index < -0.39 is 5.97 Å². The van der Waals surface area contributed by atoms with Gasteiger partial charge in [-0.05, 0) is 36.6 Å². The Morgan fingerprint density at radius 2 is 1.93 bits per heavy atom. The molecule has 0 radical (unpaired) electrons. The number of hydrogen-bond acceptors (Lipinski definition) is 7. The number of likely N-dealkylation sites (tertiary alicyclic amines) is 1. The number of piperidine rings is 1. The number of rotatable bonds is 5. The van der Waals surface area contributed by atoms with Gasteiger partial charge in [-0.25, -0.2) is 4.79 Å². The third-order valence-corrected chi connectivity index (χ3v) is 4.53. The number of carbonyl (C=O) groups excluding carboxylic acids is 3. The Balaban J connectivity index is 1.42. The van der Waals surface area contributed by atoms with Gasteiger partial charge in [0.25, 0.3) is 5.91 Å². The average molecular weight is 375 g/mol. The van der Waals surface area contributed by atoms with Crippen molar-refractivity contribution in [1.29, 1.82) is 0 Å². The minimum atomic E-state index is -0.606. The molecule has 0 saturated carbocycles. The van der Waals surface area contributed by atoms with E-state index in [1.165, 1.54) is 13.2 Å². The third kappa shape index (κ3) is 4.78. The number of carbonyl (C=O) groups is 3. The predicted octanol–water partition coefficient (Wildman–Crippen LogP) is 1.38. The molecule has 1 aromatic rings. The Labute approximate surface area is 156 Å². The van der Waals surface area contributed by atoms with E-state index in [1.807, 2.05) is 0 Å². The van der Waals surface area contributed by atoms with Crippen molar-refractivity contribution in [3.05, 3.63) is 29.8 Å². The summed E-state index contributed by atoms with van der Waals surface area (Å²) in [5, 5.41) is 0. The van der Waals surface area contributed by atoms with E-state index >= 15 is 0 Å². The molecule has 0 spiro atoms. The Kier molecular flexibility index (Phi) is 5.95. The number of methoxy groups -OCH3 is 1. The number of hydrogen-bond donors (Lipinski definition) is 0. The molecule has 0 unspecified atom stereocenters. The highest BCUT2D eigenvalue weighted by atomic mass is 16.7. The molecule has 2 heterocycles. The second kappa shape index (κ2) is 8.57. The smallest absolute Gasteiger partial charge is 0.331 e. The molecule has 0 aromatic heterocycles. The van der Waals surface area contributed by atoms with Crippen molar-refractivity contribution < 1.29 is 33.3 Å². The molecule has 3 rings (SSSR count).